The van der Waals surface area contributed by atoms with Crippen LogP contribution in [-0.2, 0) is 4.74 Å². The highest BCUT2D eigenvalue weighted by Crippen LogP contribution is 2.52. The van der Waals surface area contributed by atoms with Crippen LogP contribution in [-0.4, -0.2) is 70.5 Å². The zero-order valence-corrected chi connectivity index (χ0v) is 19.0. The van der Waals surface area contributed by atoms with E-state index >= 15 is 4.39 Å². The van der Waals surface area contributed by atoms with E-state index in [2.05, 4.69) is 41.3 Å². The summed E-state index contributed by atoms with van der Waals surface area (Å²) in [6.45, 7) is 4.98. The Hall–Kier alpha value is -2.26. The lowest BCUT2D eigenvalue weighted by Crippen LogP contribution is -2.56. The first-order chi connectivity index (χ1) is 16.2. The van der Waals surface area contributed by atoms with Crippen molar-refractivity contribution in [1.29, 1.82) is 0 Å². The largest absolute Gasteiger partial charge is 0.378 e. The highest BCUT2D eigenvalue weighted by atomic mass is 19.1. The molecular weight excluding hydrogens is 421 g/mol. The van der Waals surface area contributed by atoms with Gasteiger partial charge in [-0.25, -0.2) is 9.97 Å². The summed E-state index contributed by atoms with van der Waals surface area (Å²) >= 11 is 0. The molecule has 8 nitrogen and oxygen atoms in total. The van der Waals surface area contributed by atoms with Crippen molar-refractivity contribution in [2.45, 2.75) is 56.4 Å². The Morgan fingerprint density at radius 1 is 1.03 bits per heavy atom. The number of aromatic amines is 1. The third-order valence-corrected chi connectivity index (χ3v) is 8.53. The van der Waals surface area contributed by atoms with Crippen LogP contribution in [0.25, 0.3) is 0 Å². The van der Waals surface area contributed by atoms with Gasteiger partial charge < -0.3 is 15.0 Å². The molecule has 0 amide bonds. The van der Waals surface area contributed by atoms with Crippen LogP contribution in [0.2, 0.25) is 0 Å². The minimum atomic E-state index is -0.371. The van der Waals surface area contributed by atoms with Gasteiger partial charge in [0.1, 0.15) is 5.82 Å². The molecule has 5 aliphatic rings. The van der Waals surface area contributed by atoms with E-state index < -0.39 is 0 Å². The molecule has 2 aliphatic heterocycles. The summed E-state index contributed by atoms with van der Waals surface area (Å²) in [5.41, 5.74) is 1.18. The van der Waals surface area contributed by atoms with Gasteiger partial charge in [0.25, 0.3) is 0 Å². The summed E-state index contributed by atoms with van der Waals surface area (Å²) in [5, 5.41) is 10.9. The summed E-state index contributed by atoms with van der Waals surface area (Å²) in [6, 6.07) is 2.58. The van der Waals surface area contributed by atoms with Crippen molar-refractivity contribution in [2.75, 3.05) is 49.6 Å². The summed E-state index contributed by atoms with van der Waals surface area (Å²) in [5.74, 6) is 4.28. The zero-order chi connectivity index (χ0) is 21.9. The predicted molar refractivity (Wildman–Crippen MR) is 122 cm³/mol. The number of piperazine rings is 1. The number of halogens is 1. The number of H-pyrrole nitrogens is 1. The Bertz CT molecular complexity index is 1030. The molecule has 2 aromatic heterocycles. The second-order valence-electron chi connectivity index (χ2n) is 10.7. The summed E-state index contributed by atoms with van der Waals surface area (Å²) in [6.07, 6.45) is 7.47. The topological polar surface area (TPSA) is 82.2 Å². The molecule has 2 aromatic rings. The smallest absolute Gasteiger partial charge is 0.208 e. The molecule has 4 heterocycles. The number of nitrogens with zero attached hydrogens (tertiary/aromatic N) is 5. The molecule has 7 rings (SSSR count). The van der Waals surface area contributed by atoms with E-state index in [1.807, 2.05) is 0 Å². The highest BCUT2D eigenvalue weighted by Gasteiger charge is 2.41. The normalized spacial score (nSPS) is 30.1. The van der Waals surface area contributed by atoms with E-state index in [1.54, 1.807) is 0 Å². The third kappa shape index (κ3) is 3.69. The van der Waals surface area contributed by atoms with E-state index in [9.17, 15) is 0 Å². The number of anilines is 3. The molecule has 0 spiro atoms. The Morgan fingerprint density at radius 3 is 2.55 bits per heavy atom. The second kappa shape index (κ2) is 7.91. The lowest BCUT2D eigenvalue weighted by molar-refractivity contribution is -0.0661. The van der Waals surface area contributed by atoms with Gasteiger partial charge in [0.2, 0.25) is 5.82 Å². The minimum Gasteiger partial charge on any atom is -0.378 e. The van der Waals surface area contributed by atoms with Gasteiger partial charge in [-0.15, -0.1) is 0 Å². The number of ether oxygens (including phenoxy) is 1. The zero-order valence-electron chi connectivity index (χ0n) is 19.0. The molecule has 5 fully saturated rings. The fourth-order valence-corrected chi connectivity index (χ4v) is 6.34. The van der Waals surface area contributed by atoms with Crippen molar-refractivity contribution < 1.29 is 9.13 Å². The number of aromatic nitrogens is 4. The standard InChI is InChI=1S/C24H32FN7O/c25-21-23(26-20-11-19(29-30-20)18-10-14-1-2-16(18)9-14)27-22(15-3-4-15)28-24(21)32-7-5-31(6-8-32)17-12-33-13-17/h11,14-18H,1-10,12-13H2,(H2,26,27,28,29,30). The lowest BCUT2D eigenvalue weighted by atomic mass is 9.86. The molecule has 9 heteroatoms. The van der Waals surface area contributed by atoms with Crippen molar-refractivity contribution in [3.8, 4) is 0 Å². The fraction of sp³-hybridized carbons (Fsp3) is 0.708. The summed E-state index contributed by atoms with van der Waals surface area (Å²) in [4.78, 5) is 13.8. The van der Waals surface area contributed by atoms with Crippen molar-refractivity contribution in [3.63, 3.8) is 0 Å². The van der Waals surface area contributed by atoms with Crippen LogP contribution in [0.1, 0.15) is 61.9 Å². The molecule has 3 unspecified atom stereocenters. The van der Waals surface area contributed by atoms with Gasteiger partial charge in [-0.2, -0.15) is 9.49 Å². The van der Waals surface area contributed by atoms with Gasteiger partial charge in [0.05, 0.1) is 19.3 Å². The van der Waals surface area contributed by atoms with Crippen LogP contribution in [0.3, 0.4) is 0 Å². The number of hydrogen-bond donors (Lipinski definition) is 2. The SMILES string of the molecule is Fc1c(Nc2cc(C3CC4CCC3C4)[nH]n2)nc(C2CC2)nc1N1CCN(C2COC2)CC1. The van der Waals surface area contributed by atoms with E-state index in [4.69, 9.17) is 4.74 Å². The van der Waals surface area contributed by atoms with Gasteiger partial charge in [-0.05, 0) is 43.9 Å². The molecule has 2 N–H and O–H groups in total. The molecule has 2 bridgehead atoms. The van der Waals surface area contributed by atoms with Crippen LogP contribution in [0.5, 0.6) is 0 Å². The van der Waals surface area contributed by atoms with Crippen LogP contribution >= 0.6 is 0 Å². The van der Waals surface area contributed by atoms with E-state index in [-0.39, 0.29) is 11.6 Å². The molecule has 3 saturated carbocycles. The first-order valence-electron chi connectivity index (χ1n) is 12.7. The van der Waals surface area contributed by atoms with Gasteiger partial charge in [0, 0.05) is 49.8 Å². The van der Waals surface area contributed by atoms with Crippen molar-refractivity contribution in [3.05, 3.63) is 23.4 Å². The predicted octanol–water partition coefficient (Wildman–Crippen LogP) is 3.38. The number of nitrogens with one attached hydrogen (secondary N) is 2. The molecule has 3 aliphatic carbocycles. The molecular formula is C24H32FN7O. The second-order valence-corrected chi connectivity index (χ2v) is 10.7. The summed E-state index contributed by atoms with van der Waals surface area (Å²) < 4.78 is 21.0. The van der Waals surface area contributed by atoms with Gasteiger partial charge in [0.15, 0.2) is 17.5 Å². The number of fused-ring (bicyclic) bond motifs is 2. The average Bonchev–Trinajstić information content (AvgIpc) is 3.18. The quantitative estimate of drug-likeness (QED) is 0.694. The number of rotatable bonds is 6. The van der Waals surface area contributed by atoms with Crippen molar-refractivity contribution >= 4 is 17.5 Å². The lowest BCUT2D eigenvalue weighted by Gasteiger charge is -2.42. The first-order valence-corrected chi connectivity index (χ1v) is 12.7. The van der Waals surface area contributed by atoms with Crippen LogP contribution in [0, 0.1) is 17.7 Å². The molecule has 2 saturated heterocycles. The van der Waals surface area contributed by atoms with Crippen molar-refractivity contribution in [1.82, 2.24) is 25.1 Å². The van der Waals surface area contributed by atoms with Crippen molar-refractivity contribution in [2.24, 2.45) is 11.8 Å². The average molecular weight is 454 g/mol. The molecule has 176 valence electrons. The Kier molecular flexibility index (Phi) is 4.83. The Labute approximate surface area is 193 Å². The maximum absolute atomic E-state index is 15.7. The Morgan fingerprint density at radius 2 is 1.88 bits per heavy atom. The maximum atomic E-state index is 15.7. The summed E-state index contributed by atoms with van der Waals surface area (Å²) in [7, 11) is 0. The van der Waals surface area contributed by atoms with Crippen LogP contribution in [0.4, 0.5) is 21.8 Å². The fourth-order valence-electron chi connectivity index (χ4n) is 6.34. The molecule has 3 atom stereocenters. The van der Waals surface area contributed by atoms with Crippen LogP contribution < -0.4 is 10.2 Å². The van der Waals surface area contributed by atoms with E-state index in [1.165, 1.54) is 31.4 Å². The molecule has 0 aromatic carbocycles. The van der Waals surface area contributed by atoms with Gasteiger partial charge in [-0.3, -0.25) is 10.00 Å². The monoisotopic (exact) mass is 453 g/mol. The first kappa shape index (κ1) is 20.1. The minimum absolute atomic E-state index is 0.253. The van der Waals surface area contributed by atoms with Gasteiger partial charge >= 0.3 is 0 Å². The third-order valence-electron chi connectivity index (χ3n) is 8.53. The molecule has 33 heavy (non-hydrogen) atoms. The van der Waals surface area contributed by atoms with Crippen LogP contribution in [0.15, 0.2) is 6.07 Å². The van der Waals surface area contributed by atoms with Gasteiger partial charge in [-0.1, -0.05) is 6.42 Å². The number of hydrogen-bond acceptors (Lipinski definition) is 7. The maximum Gasteiger partial charge on any atom is 0.208 e. The highest BCUT2D eigenvalue weighted by molar-refractivity contribution is 5.59. The van der Waals surface area contributed by atoms with E-state index in [0.717, 1.165) is 69.9 Å². The van der Waals surface area contributed by atoms with E-state index in [0.29, 0.717) is 29.5 Å². The molecule has 0 radical (unpaired) electrons. The Balaban J connectivity index is 1.11.